The number of aliphatic carboxylic acids is 2. The molecule has 0 saturated heterocycles. The molecular weight excluding hydrogens is 660 g/mol. The molecular formula is C42H44N2O8. The van der Waals surface area contributed by atoms with Crippen molar-refractivity contribution in [2.45, 2.75) is 76.3 Å². The molecule has 0 radical (unpaired) electrons. The molecule has 4 aromatic rings. The molecule has 4 N–H and O–H groups in total. The zero-order valence-electron chi connectivity index (χ0n) is 29.5. The van der Waals surface area contributed by atoms with Crippen LogP contribution in [0.25, 0.3) is 11.1 Å². The first kappa shape index (κ1) is 36.2. The Hall–Kier alpha value is -5.64. The summed E-state index contributed by atoms with van der Waals surface area (Å²) in [6, 6.07) is 15.9. The number of carboxylic acid groups (broad SMARTS) is 2. The van der Waals surface area contributed by atoms with Gasteiger partial charge in [0.25, 0.3) is 0 Å². The monoisotopic (exact) mass is 704 g/mol. The molecule has 0 unspecified atom stereocenters. The summed E-state index contributed by atoms with van der Waals surface area (Å²) < 4.78 is 10.4. The van der Waals surface area contributed by atoms with Crippen molar-refractivity contribution in [2.24, 2.45) is 9.98 Å². The maximum Gasteiger partial charge on any atom is 0.328 e. The van der Waals surface area contributed by atoms with Crippen molar-refractivity contribution < 1.29 is 39.5 Å². The van der Waals surface area contributed by atoms with Gasteiger partial charge in [0.05, 0.1) is 14.2 Å². The number of hydrogen-bond donors (Lipinski definition) is 4. The number of aromatic hydroxyl groups is 2. The Bertz CT molecular complexity index is 1860. The number of nitrogens with zero attached hydrogens (tertiary/aromatic N) is 2. The van der Waals surface area contributed by atoms with E-state index in [1.165, 1.54) is 12.4 Å². The molecule has 0 aliphatic heterocycles. The Kier molecular flexibility index (Phi) is 11.2. The van der Waals surface area contributed by atoms with Gasteiger partial charge in [0, 0.05) is 47.5 Å². The number of methoxy groups -OCH3 is 2. The van der Waals surface area contributed by atoms with Gasteiger partial charge in [-0.3, -0.25) is 9.98 Å². The maximum atomic E-state index is 12.3. The van der Waals surface area contributed by atoms with Crippen LogP contribution in [0, 0.1) is 0 Å². The third-order valence-corrected chi connectivity index (χ3v) is 10.1. The third-order valence-electron chi connectivity index (χ3n) is 10.1. The van der Waals surface area contributed by atoms with E-state index in [9.17, 15) is 30.0 Å². The van der Waals surface area contributed by atoms with Gasteiger partial charge in [-0.05, 0) is 121 Å². The second kappa shape index (κ2) is 16.1. The molecule has 0 heterocycles. The van der Waals surface area contributed by atoms with E-state index in [4.69, 9.17) is 9.47 Å². The van der Waals surface area contributed by atoms with Crippen molar-refractivity contribution in [3.8, 4) is 34.1 Å². The average Bonchev–Trinajstić information content (AvgIpc) is 3.16. The highest BCUT2D eigenvalue weighted by molar-refractivity contribution is 5.97. The van der Waals surface area contributed by atoms with Gasteiger partial charge in [-0.1, -0.05) is 24.3 Å². The van der Waals surface area contributed by atoms with Crippen LogP contribution in [0.4, 0.5) is 0 Å². The van der Waals surface area contributed by atoms with E-state index in [0.29, 0.717) is 46.6 Å². The number of aryl methyl sites for hydroxylation is 2. The fourth-order valence-corrected chi connectivity index (χ4v) is 7.29. The highest BCUT2D eigenvalue weighted by Crippen LogP contribution is 2.48. The number of phenols is 2. The summed E-state index contributed by atoms with van der Waals surface area (Å²) in [5, 5.41) is 44.1. The fourth-order valence-electron chi connectivity index (χ4n) is 7.29. The summed E-state index contributed by atoms with van der Waals surface area (Å²) in [6.07, 6.45) is 9.90. The Morgan fingerprint density at radius 2 is 1.00 bits per heavy atom. The first-order valence-electron chi connectivity index (χ1n) is 17.7. The lowest BCUT2D eigenvalue weighted by Gasteiger charge is -2.27. The van der Waals surface area contributed by atoms with Gasteiger partial charge in [0.2, 0.25) is 0 Å². The molecule has 0 spiro atoms. The minimum atomic E-state index is -1.09. The van der Waals surface area contributed by atoms with Crippen LogP contribution in [0.3, 0.4) is 0 Å². The van der Waals surface area contributed by atoms with Crippen molar-refractivity contribution in [1.29, 1.82) is 0 Å². The highest BCUT2D eigenvalue weighted by atomic mass is 16.5. The zero-order valence-corrected chi connectivity index (χ0v) is 29.5. The molecule has 52 heavy (non-hydrogen) atoms. The molecule has 0 fully saturated rings. The van der Waals surface area contributed by atoms with E-state index in [1.54, 1.807) is 62.8 Å². The van der Waals surface area contributed by atoms with E-state index in [1.807, 2.05) is 12.1 Å². The van der Waals surface area contributed by atoms with Gasteiger partial charge >= 0.3 is 11.9 Å². The van der Waals surface area contributed by atoms with Crippen LogP contribution >= 0.6 is 0 Å². The van der Waals surface area contributed by atoms with Crippen LogP contribution in [0.5, 0.6) is 23.0 Å². The minimum Gasteiger partial charge on any atom is -0.507 e. The summed E-state index contributed by atoms with van der Waals surface area (Å²) >= 11 is 0. The quantitative estimate of drug-likeness (QED) is 0.111. The standard InChI is InChI=1S/C42H44N2O8/c1-51-31-15-11-25(12-16-31)19-35(41(47)48)43-23-29-21-27-7-3-5-9-33(27)37(39(29)45)38-34-10-6-4-8-28(34)22-30(40(38)46)24-44-36(42(49)50)20-26-13-17-32(52-2)18-14-26/h11-18,21-24,35-36,45-46H,3-10,19-20H2,1-2H3,(H,47,48)(H,49,50)/t35-,36-/m0/s1. The summed E-state index contributed by atoms with van der Waals surface area (Å²) in [7, 11) is 3.14. The van der Waals surface area contributed by atoms with E-state index in [-0.39, 0.29) is 24.3 Å². The first-order valence-corrected chi connectivity index (χ1v) is 17.7. The molecule has 6 rings (SSSR count). The topological polar surface area (TPSA) is 158 Å². The molecule has 0 aromatic heterocycles. The van der Waals surface area contributed by atoms with Gasteiger partial charge in [-0.2, -0.15) is 0 Å². The minimum absolute atomic E-state index is 0.0712. The van der Waals surface area contributed by atoms with Gasteiger partial charge < -0.3 is 29.9 Å². The molecule has 2 atom stereocenters. The van der Waals surface area contributed by atoms with Gasteiger partial charge in [-0.25, -0.2) is 9.59 Å². The lowest BCUT2D eigenvalue weighted by atomic mass is 9.78. The van der Waals surface area contributed by atoms with E-state index >= 15 is 0 Å². The lowest BCUT2D eigenvalue weighted by Crippen LogP contribution is -2.21. The van der Waals surface area contributed by atoms with Crippen molar-refractivity contribution in [3.63, 3.8) is 0 Å². The molecule has 2 aliphatic carbocycles. The SMILES string of the molecule is COc1ccc(C[C@H](N=Cc2cc3c(c(-c4c(O)c(C=N[C@@H](Cc5ccc(OC)cc5)C(=O)O)cc5c4CCCC5)c2O)CCCC3)C(=O)O)cc1. The second-order valence-electron chi connectivity index (χ2n) is 13.4. The van der Waals surface area contributed by atoms with Crippen molar-refractivity contribution in [2.75, 3.05) is 14.2 Å². The molecule has 10 nitrogen and oxygen atoms in total. The number of phenolic OH excluding ortho intramolecular Hbond substituents is 2. The average molecular weight is 705 g/mol. The Morgan fingerprint density at radius 1 is 0.635 bits per heavy atom. The van der Waals surface area contributed by atoms with Gasteiger partial charge in [0.15, 0.2) is 12.1 Å². The first-order chi connectivity index (χ1) is 25.2. The van der Waals surface area contributed by atoms with Crippen molar-refractivity contribution in [1.82, 2.24) is 0 Å². The number of carbonyl (C=O) groups is 2. The van der Waals surface area contributed by atoms with E-state index in [2.05, 4.69) is 9.98 Å². The predicted octanol–water partition coefficient (Wildman–Crippen LogP) is 6.77. The summed E-state index contributed by atoms with van der Waals surface area (Å²) in [4.78, 5) is 33.5. The number of carboxylic acids is 2. The van der Waals surface area contributed by atoms with Crippen molar-refractivity contribution >= 4 is 24.4 Å². The zero-order chi connectivity index (χ0) is 36.8. The maximum absolute atomic E-state index is 12.3. The number of rotatable bonds is 13. The van der Waals surface area contributed by atoms with Crippen LogP contribution in [-0.2, 0) is 48.1 Å². The summed E-state index contributed by atoms with van der Waals surface area (Å²) in [5.74, 6) is -0.982. The molecule has 270 valence electrons. The normalized spacial score (nSPS) is 15.2. The largest absolute Gasteiger partial charge is 0.507 e. The van der Waals surface area contributed by atoms with Crippen LogP contribution in [0.1, 0.15) is 70.2 Å². The number of aliphatic imine (C=N–C) groups is 2. The molecule has 0 saturated carbocycles. The van der Waals surface area contributed by atoms with E-state index < -0.39 is 24.0 Å². The number of ether oxygens (including phenoxy) is 2. The molecule has 4 aromatic carbocycles. The van der Waals surface area contributed by atoms with Crippen LogP contribution in [0.15, 0.2) is 70.6 Å². The Morgan fingerprint density at radius 3 is 1.35 bits per heavy atom. The summed E-state index contributed by atoms with van der Waals surface area (Å²) in [6.45, 7) is 0. The van der Waals surface area contributed by atoms with Crippen LogP contribution < -0.4 is 9.47 Å². The van der Waals surface area contributed by atoms with Gasteiger partial charge in [0.1, 0.15) is 23.0 Å². The number of hydrogen-bond acceptors (Lipinski definition) is 8. The van der Waals surface area contributed by atoms with Crippen LogP contribution in [-0.4, -0.2) is 71.1 Å². The third kappa shape index (κ3) is 7.96. The number of benzene rings is 4. The Labute approximate surface area is 303 Å². The molecule has 2 aliphatic rings. The molecule has 0 bridgehead atoms. The number of fused-ring (bicyclic) bond motifs is 2. The van der Waals surface area contributed by atoms with E-state index in [0.717, 1.165) is 71.9 Å². The Balaban J connectivity index is 1.41. The smallest absolute Gasteiger partial charge is 0.328 e. The van der Waals surface area contributed by atoms with Crippen LogP contribution in [0.2, 0.25) is 0 Å². The van der Waals surface area contributed by atoms with Crippen molar-refractivity contribution in [3.05, 3.63) is 105 Å². The van der Waals surface area contributed by atoms with Gasteiger partial charge in [-0.15, -0.1) is 0 Å². The second-order valence-corrected chi connectivity index (χ2v) is 13.4. The highest BCUT2D eigenvalue weighted by Gasteiger charge is 2.29. The predicted molar refractivity (Wildman–Crippen MR) is 200 cm³/mol. The summed E-state index contributed by atoms with van der Waals surface area (Å²) in [5.41, 5.74) is 7.33. The lowest BCUT2D eigenvalue weighted by molar-refractivity contribution is -0.139. The fraction of sp³-hybridized carbons (Fsp3) is 0.333. The molecule has 10 heteroatoms. The molecule has 0 amide bonds.